The lowest BCUT2D eigenvalue weighted by Gasteiger charge is -2.44. The summed E-state index contributed by atoms with van der Waals surface area (Å²) >= 11 is 0. The standard InChI is InChI=1S/C17H21N3O4S/c1-17(5-6-17)16(22)20-9-8-19(13-10-25(23,24)11-14(13)20)15(21)12-4-2-3-7-18-12/h2-4,7,13-14H,5-6,8-11H2,1H3. The smallest absolute Gasteiger partial charge is 0.272 e. The van der Waals surface area contributed by atoms with Gasteiger partial charge < -0.3 is 9.80 Å². The minimum Gasteiger partial charge on any atom is -0.334 e. The molecule has 2 saturated heterocycles. The van der Waals surface area contributed by atoms with E-state index in [-0.39, 0.29) is 28.7 Å². The fourth-order valence-electron chi connectivity index (χ4n) is 3.84. The van der Waals surface area contributed by atoms with Gasteiger partial charge in [-0.3, -0.25) is 14.6 Å². The number of pyridine rings is 1. The van der Waals surface area contributed by atoms with Crippen molar-refractivity contribution in [3.63, 3.8) is 0 Å². The van der Waals surface area contributed by atoms with Gasteiger partial charge >= 0.3 is 0 Å². The van der Waals surface area contributed by atoms with Gasteiger partial charge in [-0.2, -0.15) is 0 Å². The van der Waals surface area contributed by atoms with Gasteiger partial charge in [0.1, 0.15) is 5.69 Å². The lowest BCUT2D eigenvalue weighted by Crippen LogP contribution is -2.62. The van der Waals surface area contributed by atoms with Crippen LogP contribution in [0.1, 0.15) is 30.3 Å². The Morgan fingerprint density at radius 1 is 1.12 bits per heavy atom. The highest BCUT2D eigenvalue weighted by atomic mass is 32.2. The normalized spacial score (nSPS) is 29.2. The molecule has 1 aliphatic carbocycles. The Morgan fingerprint density at radius 3 is 2.36 bits per heavy atom. The zero-order chi connectivity index (χ0) is 17.8. The molecule has 3 fully saturated rings. The molecule has 1 aromatic heterocycles. The van der Waals surface area contributed by atoms with Crippen LogP contribution in [0.15, 0.2) is 24.4 Å². The number of rotatable bonds is 2. The van der Waals surface area contributed by atoms with E-state index in [0.29, 0.717) is 18.8 Å². The summed E-state index contributed by atoms with van der Waals surface area (Å²) in [6, 6.07) is 4.16. The third kappa shape index (κ3) is 2.82. The fraction of sp³-hybridized carbons (Fsp3) is 0.588. The number of hydrogen-bond acceptors (Lipinski definition) is 5. The van der Waals surface area contributed by atoms with E-state index < -0.39 is 21.9 Å². The number of carbonyl (C=O) groups excluding carboxylic acids is 2. The first-order valence-corrected chi connectivity index (χ1v) is 10.4. The predicted octanol–water partition coefficient (Wildman–Crippen LogP) is 0.332. The van der Waals surface area contributed by atoms with Crippen molar-refractivity contribution in [1.29, 1.82) is 0 Å². The van der Waals surface area contributed by atoms with Crippen LogP contribution in [0.5, 0.6) is 0 Å². The molecule has 7 nitrogen and oxygen atoms in total. The Labute approximate surface area is 146 Å². The quantitative estimate of drug-likeness (QED) is 0.756. The zero-order valence-corrected chi connectivity index (χ0v) is 14.9. The molecule has 2 unspecified atom stereocenters. The van der Waals surface area contributed by atoms with Crippen LogP contribution >= 0.6 is 0 Å². The molecule has 8 heteroatoms. The van der Waals surface area contributed by atoms with E-state index >= 15 is 0 Å². The third-order valence-electron chi connectivity index (χ3n) is 5.60. The van der Waals surface area contributed by atoms with Gasteiger partial charge in [0.15, 0.2) is 9.84 Å². The number of amides is 2. The zero-order valence-electron chi connectivity index (χ0n) is 14.1. The monoisotopic (exact) mass is 363 g/mol. The van der Waals surface area contributed by atoms with Crippen LogP contribution in [0.2, 0.25) is 0 Å². The lowest BCUT2D eigenvalue weighted by atomic mass is 10.00. The molecule has 2 atom stereocenters. The molecule has 4 rings (SSSR count). The Hall–Kier alpha value is -1.96. The molecule has 0 spiro atoms. The molecule has 25 heavy (non-hydrogen) atoms. The predicted molar refractivity (Wildman–Crippen MR) is 90.6 cm³/mol. The first-order chi connectivity index (χ1) is 11.8. The van der Waals surface area contributed by atoms with Crippen molar-refractivity contribution < 1.29 is 18.0 Å². The van der Waals surface area contributed by atoms with Crippen LogP contribution < -0.4 is 0 Å². The molecule has 2 amide bonds. The Morgan fingerprint density at radius 2 is 1.76 bits per heavy atom. The highest BCUT2D eigenvalue weighted by molar-refractivity contribution is 7.91. The average Bonchev–Trinajstić information content (AvgIpc) is 3.25. The summed E-state index contributed by atoms with van der Waals surface area (Å²) in [6.07, 6.45) is 3.25. The van der Waals surface area contributed by atoms with Crippen LogP contribution in [0.3, 0.4) is 0 Å². The molecular formula is C17H21N3O4S. The van der Waals surface area contributed by atoms with Gasteiger partial charge in [-0.1, -0.05) is 13.0 Å². The van der Waals surface area contributed by atoms with Crippen molar-refractivity contribution in [1.82, 2.24) is 14.8 Å². The van der Waals surface area contributed by atoms with Gasteiger partial charge in [0.25, 0.3) is 5.91 Å². The second-order valence-electron chi connectivity index (χ2n) is 7.48. The minimum absolute atomic E-state index is 0.0320. The van der Waals surface area contributed by atoms with E-state index in [1.807, 2.05) is 6.92 Å². The molecule has 1 aromatic rings. The van der Waals surface area contributed by atoms with Crippen LogP contribution in [0.25, 0.3) is 0 Å². The molecule has 0 aromatic carbocycles. The number of sulfone groups is 1. The number of aromatic nitrogens is 1. The number of piperazine rings is 1. The van der Waals surface area contributed by atoms with Crippen LogP contribution in [-0.2, 0) is 14.6 Å². The van der Waals surface area contributed by atoms with Crippen molar-refractivity contribution in [3.8, 4) is 0 Å². The van der Waals surface area contributed by atoms with Crippen molar-refractivity contribution in [2.75, 3.05) is 24.6 Å². The van der Waals surface area contributed by atoms with E-state index in [4.69, 9.17) is 0 Å². The minimum atomic E-state index is -3.28. The summed E-state index contributed by atoms with van der Waals surface area (Å²) in [5.74, 6) is -0.385. The summed E-state index contributed by atoms with van der Waals surface area (Å²) in [5.41, 5.74) is -0.0381. The topological polar surface area (TPSA) is 87.7 Å². The van der Waals surface area contributed by atoms with Gasteiger partial charge in [-0.15, -0.1) is 0 Å². The average molecular weight is 363 g/mol. The van der Waals surface area contributed by atoms with Gasteiger partial charge in [-0.05, 0) is 25.0 Å². The van der Waals surface area contributed by atoms with Gasteiger partial charge in [-0.25, -0.2) is 8.42 Å². The van der Waals surface area contributed by atoms with Crippen molar-refractivity contribution in [2.24, 2.45) is 5.41 Å². The summed E-state index contributed by atoms with van der Waals surface area (Å²) in [6.45, 7) is 2.65. The highest BCUT2D eigenvalue weighted by Gasteiger charge is 2.54. The molecule has 1 saturated carbocycles. The maximum atomic E-state index is 12.8. The van der Waals surface area contributed by atoms with Gasteiger partial charge in [0.05, 0.1) is 23.6 Å². The van der Waals surface area contributed by atoms with Crippen LogP contribution in [0.4, 0.5) is 0 Å². The number of carbonyl (C=O) groups is 2. The Bertz CT molecular complexity index is 820. The Balaban J connectivity index is 1.63. The maximum Gasteiger partial charge on any atom is 0.272 e. The molecule has 0 radical (unpaired) electrons. The molecular weight excluding hydrogens is 342 g/mol. The lowest BCUT2D eigenvalue weighted by molar-refractivity contribution is -0.141. The van der Waals surface area contributed by atoms with Crippen molar-refractivity contribution in [3.05, 3.63) is 30.1 Å². The molecule has 134 valence electrons. The number of hydrogen-bond donors (Lipinski definition) is 0. The maximum absolute atomic E-state index is 12.8. The summed E-state index contributed by atoms with van der Waals surface area (Å²) in [4.78, 5) is 33.0. The number of nitrogens with zero attached hydrogens (tertiary/aromatic N) is 3. The van der Waals surface area contributed by atoms with Gasteiger partial charge in [0, 0.05) is 24.7 Å². The summed E-state index contributed by atoms with van der Waals surface area (Å²) in [7, 11) is -3.28. The largest absolute Gasteiger partial charge is 0.334 e. The fourth-order valence-corrected chi connectivity index (χ4v) is 5.82. The Kier molecular flexibility index (Phi) is 3.64. The highest BCUT2D eigenvalue weighted by Crippen LogP contribution is 2.47. The molecule has 3 aliphatic rings. The van der Waals surface area contributed by atoms with Crippen molar-refractivity contribution in [2.45, 2.75) is 31.8 Å². The van der Waals surface area contributed by atoms with E-state index in [2.05, 4.69) is 4.98 Å². The van der Waals surface area contributed by atoms with E-state index in [9.17, 15) is 18.0 Å². The van der Waals surface area contributed by atoms with E-state index in [1.165, 1.54) is 0 Å². The first-order valence-electron chi connectivity index (χ1n) is 8.54. The second-order valence-corrected chi connectivity index (χ2v) is 9.64. The molecule has 0 bridgehead atoms. The van der Waals surface area contributed by atoms with Gasteiger partial charge in [0.2, 0.25) is 5.91 Å². The van der Waals surface area contributed by atoms with Crippen LogP contribution in [0, 0.1) is 5.41 Å². The molecule has 0 N–H and O–H groups in total. The summed E-state index contributed by atoms with van der Waals surface area (Å²) in [5, 5.41) is 0. The third-order valence-corrected chi connectivity index (χ3v) is 7.30. The summed E-state index contributed by atoms with van der Waals surface area (Å²) < 4.78 is 24.5. The van der Waals surface area contributed by atoms with E-state index in [1.54, 1.807) is 34.2 Å². The number of fused-ring (bicyclic) bond motifs is 1. The SMILES string of the molecule is CC1(C(=O)N2CCN(C(=O)c3ccccn3)C3CS(=O)(=O)CC32)CC1. The molecule has 3 heterocycles. The first kappa shape index (κ1) is 16.5. The van der Waals surface area contributed by atoms with Crippen LogP contribution in [-0.4, -0.2) is 71.7 Å². The van der Waals surface area contributed by atoms with E-state index in [0.717, 1.165) is 12.8 Å². The van der Waals surface area contributed by atoms with Crippen molar-refractivity contribution >= 4 is 21.7 Å². The second kappa shape index (κ2) is 5.52. The molecule has 2 aliphatic heterocycles.